The first-order valence-electron chi connectivity index (χ1n) is 6.89. The second-order valence-electron chi connectivity index (χ2n) is 5.21. The van der Waals surface area contributed by atoms with Crippen LogP contribution in [0.15, 0.2) is 24.3 Å². The molecule has 0 atom stereocenters. The molecule has 1 heterocycles. The third kappa shape index (κ3) is 3.55. The molecule has 0 saturated carbocycles. The van der Waals surface area contributed by atoms with Crippen molar-refractivity contribution in [3.63, 3.8) is 0 Å². The number of nitrogens with two attached hydrogens (primary N) is 1. The third-order valence-electron chi connectivity index (χ3n) is 3.92. The molecule has 1 saturated heterocycles. The SMILES string of the molecule is Cc1ccccc1C(=O)N1CCC(CCON)CC1. The Labute approximate surface area is 114 Å². The summed E-state index contributed by atoms with van der Waals surface area (Å²) in [5, 5.41) is 0. The first kappa shape index (κ1) is 14.0. The van der Waals surface area contributed by atoms with Crippen LogP contribution in [0, 0.1) is 12.8 Å². The Morgan fingerprint density at radius 1 is 1.37 bits per heavy atom. The molecular weight excluding hydrogens is 240 g/mol. The summed E-state index contributed by atoms with van der Waals surface area (Å²) in [6.45, 7) is 4.26. The molecule has 1 fully saturated rings. The van der Waals surface area contributed by atoms with Crippen molar-refractivity contribution in [1.82, 2.24) is 4.90 Å². The highest BCUT2D eigenvalue weighted by molar-refractivity contribution is 5.95. The Morgan fingerprint density at radius 2 is 2.05 bits per heavy atom. The van der Waals surface area contributed by atoms with Crippen molar-refractivity contribution in [2.75, 3.05) is 19.7 Å². The van der Waals surface area contributed by atoms with E-state index in [0.29, 0.717) is 12.5 Å². The lowest BCUT2D eigenvalue weighted by atomic mass is 9.93. The monoisotopic (exact) mass is 262 g/mol. The highest BCUT2D eigenvalue weighted by atomic mass is 16.6. The van der Waals surface area contributed by atoms with Crippen LogP contribution < -0.4 is 5.90 Å². The van der Waals surface area contributed by atoms with Gasteiger partial charge in [0.1, 0.15) is 0 Å². The largest absolute Gasteiger partial charge is 0.339 e. The molecule has 0 bridgehead atoms. The number of carbonyl (C=O) groups excluding carboxylic acids is 1. The van der Waals surface area contributed by atoms with E-state index < -0.39 is 0 Å². The Kier molecular flexibility index (Phi) is 4.93. The number of amides is 1. The van der Waals surface area contributed by atoms with Gasteiger partial charge in [-0.3, -0.25) is 4.79 Å². The van der Waals surface area contributed by atoms with Gasteiger partial charge in [-0.05, 0) is 43.7 Å². The lowest BCUT2D eigenvalue weighted by molar-refractivity contribution is 0.0650. The molecule has 0 aliphatic carbocycles. The number of aryl methyl sites for hydroxylation is 1. The van der Waals surface area contributed by atoms with Gasteiger partial charge in [0, 0.05) is 18.7 Å². The molecule has 1 amide bonds. The molecule has 1 aromatic carbocycles. The number of piperidine rings is 1. The first-order chi connectivity index (χ1) is 9.22. The topological polar surface area (TPSA) is 55.6 Å². The zero-order valence-corrected chi connectivity index (χ0v) is 11.5. The molecule has 1 aromatic rings. The molecule has 104 valence electrons. The van der Waals surface area contributed by atoms with E-state index in [2.05, 4.69) is 4.84 Å². The van der Waals surface area contributed by atoms with Crippen LogP contribution in [0.4, 0.5) is 0 Å². The fourth-order valence-electron chi connectivity index (χ4n) is 2.64. The second kappa shape index (κ2) is 6.68. The van der Waals surface area contributed by atoms with Gasteiger partial charge in [-0.15, -0.1) is 0 Å². The van der Waals surface area contributed by atoms with Crippen LogP contribution in [-0.2, 0) is 4.84 Å². The molecular formula is C15H22N2O2. The Bertz CT molecular complexity index is 426. The number of likely N-dealkylation sites (tertiary alicyclic amines) is 1. The van der Waals surface area contributed by atoms with Crippen molar-refractivity contribution in [2.24, 2.45) is 11.8 Å². The van der Waals surface area contributed by atoms with E-state index in [0.717, 1.165) is 43.5 Å². The molecule has 4 nitrogen and oxygen atoms in total. The number of hydrogen-bond acceptors (Lipinski definition) is 3. The van der Waals surface area contributed by atoms with Crippen LogP contribution in [0.2, 0.25) is 0 Å². The van der Waals surface area contributed by atoms with Crippen molar-refractivity contribution >= 4 is 5.91 Å². The molecule has 0 aromatic heterocycles. The van der Waals surface area contributed by atoms with E-state index in [1.807, 2.05) is 36.1 Å². The summed E-state index contributed by atoms with van der Waals surface area (Å²) >= 11 is 0. The van der Waals surface area contributed by atoms with Gasteiger partial charge in [0.15, 0.2) is 0 Å². The number of hydrogen-bond donors (Lipinski definition) is 1. The minimum absolute atomic E-state index is 0.159. The van der Waals surface area contributed by atoms with Gasteiger partial charge in [-0.2, -0.15) is 0 Å². The Hall–Kier alpha value is -1.39. The summed E-state index contributed by atoms with van der Waals surface area (Å²) in [4.78, 5) is 19.0. The molecule has 1 aliphatic rings. The fourth-order valence-corrected chi connectivity index (χ4v) is 2.64. The van der Waals surface area contributed by atoms with Crippen LogP contribution in [0.25, 0.3) is 0 Å². The van der Waals surface area contributed by atoms with Crippen LogP contribution in [0.3, 0.4) is 0 Å². The van der Waals surface area contributed by atoms with Gasteiger partial charge in [-0.1, -0.05) is 18.2 Å². The Balaban J connectivity index is 1.91. The molecule has 0 radical (unpaired) electrons. The van der Waals surface area contributed by atoms with E-state index in [1.54, 1.807) is 0 Å². The summed E-state index contributed by atoms with van der Waals surface area (Å²) in [5.41, 5.74) is 1.87. The summed E-state index contributed by atoms with van der Waals surface area (Å²) < 4.78 is 0. The van der Waals surface area contributed by atoms with Crippen molar-refractivity contribution in [2.45, 2.75) is 26.2 Å². The minimum Gasteiger partial charge on any atom is -0.339 e. The average Bonchev–Trinajstić information content (AvgIpc) is 2.45. The average molecular weight is 262 g/mol. The number of nitrogens with zero attached hydrogens (tertiary/aromatic N) is 1. The Morgan fingerprint density at radius 3 is 2.68 bits per heavy atom. The summed E-state index contributed by atoms with van der Waals surface area (Å²) in [6.07, 6.45) is 3.07. The highest BCUT2D eigenvalue weighted by Gasteiger charge is 2.23. The van der Waals surface area contributed by atoms with Gasteiger partial charge in [-0.25, -0.2) is 5.90 Å². The fraction of sp³-hybridized carbons (Fsp3) is 0.533. The molecule has 0 unspecified atom stereocenters. The number of carbonyl (C=O) groups is 1. The van der Waals surface area contributed by atoms with Crippen molar-refractivity contribution in [3.05, 3.63) is 35.4 Å². The molecule has 19 heavy (non-hydrogen) atoms. The molecule has 2 N–H and O–H groups in total. The van der Waals surface area contributed by atoms with Crippen molar-refractivity contribution in [3.8, 4) is 0 Å². The second-order valence-corrected chi connectivity index (χ2v) is 5.21. The van der Waals surface area contributed by atoms with Gasteiger partial charge in [0.05, 0.1) is 6.61 Å². The lowest BCUT2D eigenvalue weighted by Crippen LogP contribution is -2.39. The van der Waals surface area contributed by atoms with E-state index >= 15 is 0 Å². The third-order valence-corrected chi connectivity index (χ3v) is 3.92. The zero-order valence-electron chi connectivity index (χ0n) is 11.5. The first-order valence-corrected chi connectivity index (χ1v) is 6.89. The predicted molar refractivity (Wildman–Crippen MR) is 74.6 cm³/mol. The van der Waals surface area contributed by atoms with Crippen LogP contribution in [-0.4, -0.2) is 30.5 Å². The zero-order chi connectivity index (χ0) is 13.7. The van der Waals surface area contributed by atoms with Crippen LogP contribution in [0.1, 0.15) is 35.2 Å². The highest BCUT2D eigenvalue weighted by Crippen LogP contribution is 2.22. The number of rotatable bonds is 4. The van der Waals surface area contributed by atoms with E-state index in [9.17, 15) is 4.79 Å². The van der Waals surface area contributed by atoms with E-state index in [1.165, 1.54) is 0 Å². The summed E-state index contributed by atoms with van der Waals surface area (Å²) in [6, 6.07) is 7.78. The molecule has 4 heteroatoms. The standard InChI is InChI=1S/C15H22N2O2/c1-12-4-2-3-5-14(12)15(18)17-9-6-13(7-10-17)8-11-19-16/h2-5,13H,6-11,16H2,1H3. The minimum atomic E-state index is 0.159. The van der Waals surface area contributed by atoms with Crippen LogP contribution in [0.5, 0.6) is 0 Å². The van der Waals surface area contributed by atoms with Crippen molar-refractivity contribution < 1.29 is 9.63 Å². The van der Waals surface area contributed by atoms with Crippen molar-refractivity contribution in [1.29, 1.82) is 0 Å². The van der Waals surface area contributed by atoms with Gasteiger partial charge >= 0.3 is 0 Å². The maximum atomic E-state index is 12.4. The molecule has 0 spiro atoms. The number of benzene rings is 1. The maximum Gasteiger partial charge on any atom is 0.254 e. The maximum absolute atomic E-state index is 12.4. The van der Waals surface area contributed by atoms with Gasteiger partial charge in [0.25, 0.3) is 5.91 Å². The quantitative estimate of drug-likeness (QED) is 0.846. The normalized spacial score (nSPS) is 16.6. The predicted octanol–water partition coefficient (Wildman–Crippen LogP) is 2.13. The smallest absolute Gasteiger partial charge is 0.254 e. The summed E-state index contributed by atoms with van der Waals surface area (Å²) in [7, 11) is 0. The van der Waals surface area contributed by atoms with Gasteiger partial charge < -0.3 is 9.74 Å². The van der Waals surface area contributed by atoms with E-state index in [4.69, 9.17) is 5.90 Å². The van der Waals surface area contributed by atoms with Gasteiger partial charge in [0.2, 0.25) is 0 Å². The molecule has 1 aliphatic heterocycles. The molecule has 2 rings (SSSR count). The van der Waals surface area contributed by atoms with Crippen LogP contribution >= 0.6 is 0 Å². The summed E-state index contributed by atoms with van der Waals surface area (Å²) in [5.74, 6) is 5.84. The lowest BCUT2D eigenvalue weighted by Gasteiger charge is -2.32. The van der Waals surface area contributed by atoms with E-state index in [-0.39, 0.29) is 5.91 Å².